The van der Waals surface area contributed by atoms with E-state index in [1.54, 1.807) is 96.8 Å². The Morgan fingerprint density at radius 2 is 0.906 bits per heavy atom. The Labute approximate surface area is 561 Å². The van der Waals surface area contributed by atoms with Gasteiger partial charge in [0.15, 0.2) is 40.1 Å². The predicted molar refractivity (Wildman–Crippen MR) is 383 cm³/mol. The number of amides is 1. The van der Waals surface area contributed by atoms with Gasteiger partial charge >= 0.3 is 5.97 Å². The molecule has 11 N–H and O–H groups in total. The smallest absolute Gasteiger partial charge is 0.341 e. The van der Waals surface area contributed by atoms with E-state index >= 15 is 0 Å². The van der Waals surface area contributed by atoms with Gasteiger partial charge in [0, 0.05) is 59.5 Å². The molecule has 0 aliphatic rings. The summed E-state index contributed by atoms with van der Waals surface area (Å²) in [5.74, 6) is 5.70. The van der Waals surface area contributed by atoms with Crippen molar-refractivity contribution in [3.05, 3.63) is 251 Å². The maximum absolute atomic E-state index is 12.7. The summed E-state index contributed by atoms with van der Waals surface area (Å²) >= 11 is 0. The Hall–Kier alpha value is -11.8. The van der Waals surface area contributed by atoms with Crippen LogP contribution in [0.15, 0.2) is 212 Å². The summed E-state index contributed by atoms with van der Waals surface area (Å²) in [7, 11) is 0. The fourth-order valence-electron chi connectivity index (χ4n) is 7.42. The van der Waals surface area contributed by atoms with E-state index in [1.807, 2.05) is 180 Å². The van der Waals surface area contributed by atoms with Crippen molar-refractivity contribution in [1.29, 1.82) is 0 Å². The molecule has 0 aliphatic heterocycles. The van der Waals surface area contributed by atoms with Crippen LogP contribution in [0.2, 0.25) is 0 Å². The third kappa shape index (κ3) is 27.6. The highest BCUT2D eigenvalue weighted by molar-refractivity contribution is 6.10. The maximum Gasteiger partial charge on any atom is 0.341 e. The number of aryl methyl sites for hydroxylation is 2. The molecule has 6 heterocycles. The number of aliphatic hydroxyl groups is 1. The lowest BCUT2D eigenvalue weighted by Crippen LogP contribution is -2.13. The number of nitrogens with one attached hydrogen (secondary N) is 3. The second-order valence-corrected chi connectivity index (χ2v) is 17.9. The number of anilines is 2. The molecule has 5 aromatic carbocycles. The van der Waals surface area contributed by atoms with Crippen LogP contribution < -0.4 is 22.7 Å². The molecule has 1 amide bonds. The molecule has 24 nitrogen and oxygen atoms in total. The van der Waals surface area contributed by atoms with E-state index in [2.05, 4.69) is 62.7 Å². The van der Waals surface area contributed by atoms with Gasteiger partial charge < -0.3 is 21.3 Å². The summed E-state index contributed by atoms with van der Waals surface area (Å²) in [5, 5.41) is 45.8. The number of carboxylic acids is 1. The number of benzene rings is 5. The van der Waals surface area contributed by atoms with Crippen LogP contribution in [0.25, 0.3) is 39.6 Å². The average molecular weight is 1310 g/mol. The normalized spacial score (nSPS) is 9.51. The SMILES string of the molecule is CC.CC.CC.CC.CC.CC(=O)C(N=O)=C(O)c1ccccc1.CC(=O)CC(=O)c1ccccc1.CC(=O)c1ccccc1.Cc1[nH]nc(-c2ccccc2)c1N.Cc1[nH]nc(-c2ccccc2)c1NC(=O)c1cnn2cccnc12.NN.O=C(O)c1cnn2cccnc12. The fourth-order valence-corrected chi connectivity index (χ4v) is 7.42. The number of carbonyl (C=O) groups excluding carboxylic acids is 5. The van der Waals surface area contributed by atoms with Gasteiger partial charge in [-0.1, -0.05) is 221 Å². The quantitative estimate of drug-likeness (QED) is 0.0107. The molecular formula is C72H91N15O9. The van der Waals surface area contributed by atoms with Crippen molar-refractivity contribution < 1.29 is 39.0 Å². The number of hydrogen-bond donors (Lipinski definition) is 8. The van der Waals surface area contributed by atoms with Crippen LogP contribution >= 0.6 is 0 Å². The number of nitroso groups, excluding NO2 is 1. The Bertz CT molecular complexity index is 4040. The summed E-state index contributed by atoms with van der Waals surface area (Å²) in [5.41, 5.74) is 15.2. The first-order chi connectivity index (χ1) is 46.5. The lowest BCUT2D eigenvalue weighted by atomic mass is 10.1. The molecule has 96 heavy (non-hydrogen) atoms. The number of nitrogens with zero attached hydrogens (tertiary/aromatic N) is 9. The van der Waals surface area contributed by atoms with Gasteiger partial charge in [-0.05, 0) is 45.0 Å². The molecule has 0 fully saturated rings. The molecule has 0 saturated heterocycles. The number of H-pyrrole nitrogens is 2. The predicted octanol–water partition coefficient (Wildman–Crippen LogP) is 15.0. The number of rotatable bonds is 12. The van der Waals surface area contributed by atoms with E-state index in [0.717, 1.165) is 39.5 Å². The number of carboxylic acid groups (broad SMARTS) is 1. The van der Waals surface area contributed by atoms with Gasteiger partial charge in [-0.15, -0.1) is 4.91 Å². The van der Waals surface area contributed by atoms with Crippen LogP contribution in [-0.2, 0) is 9.59 Å². The minimum Gasteiger partial charge on any atom is -0.505 e. The van der Waals surface area contributed by atoms with Crippen molar-refractivity contribution in [2.24, 2.45) is 16.9 Å². The van der Waals surface area contributed by atoms with Gasteiger partial charge in [0.25, 0.3) is 5.91 Å². The number of aromatic nitrogens is 10. The summed E-state index contributed by atoms with van der Waals surface area (Å²) < 4.78 is 2.98. The van der Waals surface area contributed by atoms with E-state index in [4.69, 9.17) is 10.8 Å². The Morgan fingerprint density at radius 3 is 1.29 bits per heavy atom. The molecular weight excluding hydrogens is 1220 g/mol. The minimum atomic E-state index is -1.01. The highest BCUT2D eigenvalue weighted by Crippen LogP contribution is 2.29. The number of nitrogen functional groups attached to an aromatic ring is 1. The molecule has 6 aromatic heterocycles. The van der Waals surface area contributed by atoms with Crippen LogP contribution in [-0.4, -0.2) is 94.8 Å². The number of nitrogens with two attached hydrogens (primary N) is 3. The molecule has 11 aromatic rings. The number of aliphatic hydroxyl groups excluding tert-OH is 1. The zero-order chi connectivity index (χ0) is 72.5. The Kier molecular flexibility index (Phi) is 43.0. The van der Waals surface area contributed by atoms with Crippen molar-refractivity contribution in [2.45, 2.75) is 110 Å². The van der Waals surface area contributed by atoms with Crippen LogP contribution in [0, 0.1) is 18.8 Å². The van der Waals surface area contributed by atoms with Gasteiger partial charge in [-0.3, -0.25) is 45.9 Å². The van der Waals surface area contributed by atoms with Crippen LogP contribution in [0.4, 0.5) is 11.4 Å². The van der Waals surface area contributed by atoms with Crippen molar-refractivity contribution >= 4 is 63.4 Å². The maximum atomic E-state index is 12.7. The monoisotopic (exact) mass is 1310 g/mol. The number of fused-ring (bicyclic) bond motifs is 2. The van der Waals surface area contributed by atoms with E-state index in [9.17, 15) is 38.8 Å². The summed E-state index contributed by atoms with van der Waals surface area (Å²) in [6.07, 6.45) is 9.35. The molecule has 0 radical (unpaired) electrons. The zero-order valence-electron chi connectivity index (χ0n) is 57.3. The van der Waals surface area contributed by atoms with Gasteiger partial charge in [0.1, 0.15) is 28.3 Å². The second-order valence-electron chi connectivity index (χ2n) is 17.9. The molecule has 0 aliphatic carbocycles. The molecule has 11 rings (SSSR count). The summed E-state index contributed by atoms with van der Waals surface area (Å²) in [4.78, 5) is 85.0. The van der Waals surface area contributed by atoms with E-state index < -0.39 is 17.4 Å². The lowest BCUT2D eigenvalue weighted by Gasteiger charge is -2.06. The van der Waals surface area contributed by atoms with Crippen molar-refractivity contribution in [3.63, 3.8) is 0 Å². The van der Waals surface area contributed by atoms with E-state index in [0.29, 0.717) is 39.4 Å². The molecule has 0 bridgehead atoms. The number of ketones is 4. The first-order valence-corrected chi connectivity index (χ1v) is 30.9. The third-order valence-electron chi connectivity index (χ3n) is 11.7. The topological polar surface area (TPSA) is 380 Å². The molecule has 0 saturated carbocycles. The largest absolute Gasteiger partial charge is 0.505 e. The van der Waals surface area contributed by atoms with Gasteiger partial charge in [0.05, 0.1) is 41.6 Å². The molecule has 508 valence electrons. The fraction of sp³-hybridized carbons (Fsp3) is 0.222. The van der Waals surface area contributed by atoms with Crippen molar-refractivity contribution in [3.8, 4) is 22.5 Å². The van der Waals surface area contributed by atoms with Gasteiger partial charge in [0.2, 0.25) is 0 Å². The average Bonchev–Trinajstić information content (AvgIpc) is 1.67. The van der Waals surface area contributed by atoms with Crippen LogP contribution in [0.5, 0.6) is 0 Å². The van der Waals surface area contributed by atoms with Crippen LogP contribution in [0.3, 0.4) is 0 Å². The number of aromatic amines is 2. The van der Waals surface area contributed by atoms with E-state index in [1.165, 1.54) is 37.0 Å². The van der Waals surface area contributed by atoms with Gasteiger partial charge in [-0.25, -0.2) is 23.8 Å². The number of hydrogen-bond acceptors (Lipinski definition) is 18. The standard InChI is InChI=1S/C17H14N6O.C10H11N3.C10H9NO3.C10H10O2.C8H8O.C7H5N3O2.5C2H6.H4N2/c1-11-14(15(22-21-11)12-6-3-2-4-7-12)20-17(24)13-10-19-23-9-5-8-18-16(13)23;1-7-9(11)10(13-12-7)8-5-3-2-4-6-8;1-7(12)9(11-14)10(13)8-5-3-2-4-6-8;1-8(11)7-10(12)9-5-3-2-4-6-9;1-7(9)8-5-3-2-4-6-8;11-7(12)5-4-9-10-3-1-2-8-6(5)10;6*1-2/h2-10H,1H3,(H,20,24)(H,21,22);2-6H,11H2,1H3,(H,12,13);2-6,13H,1H3;2-6H,7H2,1H3;2-6H,1H3;1-4H,(H,11,12);5*1-2H3;1-2H2. The first kappa shape index (κ1) is 84.2. The van der Waals surface area contributed by atoms with Crippen molar-refractivity contribution in [1.82, 2.24) is 49.6 Å². The first-order valence-electron chi connectivity index (χ1n) is 30.9. The lowest BCUT2D eigenvalue weighted by molar-refractivity contribution is -0.116. The number of allylic oxidation sites excluding steroid dienone is 1. The molecule has 24 heteroatoms. The Balaban J connectivity index is 0.00000112. The highest BCUT2D eigenvalue weighted by Gasteiger charge is 2.20. The number of aromatic carboxylic acids is 1. The zero-order valence-corrected chi connectivity index (χ0v) is 57.3. The van der Waals surface area contributed by atoms with E-state index in [-0.39, 0.29) is 41.0 Å². The summed E-state index contributed by atoms with van der Waals surface area (Å²) in [6.45, 7) is 27.9. The summed E-state index contributed by atoms with van der Waals surface area (Å²) in [6, 6.07) is 49.4. The number of carbonyl (C=O) groups is 6. The second kappa shape index (κ2) is 49.0. The van der Waals surface area contributed by atoms with Gasteiger partial charge in [-0.2, -0.15) is 20.4 Å². The number of Topliss-reactive ketones (excluding diaryl/α,β-unsaturated/α-hetero) is 4. The molecule has 0 unspecified atom stereocenters. The third-order valence-corrected chi connectivity index (χ3v) is 11.7. The minimum absolute atomic E-state index is 0.00398. The van der Waals surface area contributed by atoms with Crippen molar-refractivity contribution in [2.75, 3.05) is 11.1 Å². The Morgan fingerprint density at radius 1 is 0.521 bits per heavy atom. The molecule has 0 spiro atoms. The molecule has 0 atom stereocenters. The highest BCUT2D eigenvalue weighted by atomic mass is 16.4. The number of hydrazine groups is 1. The van der Waals surface area contributed by atoms with Crippen LogP contribution in [0.1, 0.15) is 155 Å².